The second kappa shape index (κ2) is 7.78. The van der Waals surface area contributed by atoms with Crippen LogP contribution in [0.2, 0.25) is 4.34 Å². The Bertz CT molecular complexity index is 866. The summed E-state index contributed by atoms with van der Waals surface area (Å²) in [7, 11) is 2.16. The Morgan fingerprint density at radius 2 is 1.97 bits per heavy atom. The minimum absolute atomic E-state index is 0.173. The third kappa shape index (κ3) is 3.79. The lowest BCUT2D eigenvalue weighted by atomic mass is 9.78. The molecule has 2 fully saturated rings. The third-order valence-corrected chi connectivity index (χ3v) is 7.94. The summed E-state index contributed by atoms with van der Waals surface area (Å²) < 4.78 is 7.32. The molecule has 5 rings (SSSR count). The van der Waals surface area contributed by atoms with Gasteiger partial charge in [0.1, 0.15) is 5.60 Å². The highest BCUT2D eigenvalue weighted by atomic mass is 35.5. The van der Waals surface area contributed by atoms with E-state index in [1.807, 2.05) is 12.4 Å². The average molecular weight is 434 g/mol. The fourth-order valence-corrected chi connectivity index (χ4v) is 6.42. The van der Waals surface area contributed by atoms with Crippen LogP contribution >= 0.6 is 22.9 Å². The number of piperidine rings is 1. The van der Waals surface area contributed by atoms with E-state index >= 15 is 0 Å². The van der Waals surface area contributed by atoms with Crippen LogP contribution in [0.25, 0.3) is 0 Å². The number of fused-ring (bicyclic) bond motifs is 2. The Morgan fingerprint density at radius 3 is 2.72 bits per heavy atom. The maximum atomic E-state index is 6.46. The largest absolute Gasteiger partial charge is 0.369 e. The minimum Gasteiger partial charge on any atom is -0.369 e. The van der Waals surface area contributed by atoms with E-state index in [1.54, 1.807) is 11.3 Å². The monoisotopic (exact) mass is 433 g/mol. The van der Waals surface area contributed by atoms with Gasteiger partial charge in [-0.25, -0.2) is 9.97 Å². The zero-order chi connectivity index (χ0) is 20.0. The SMILES string of the molecule is CC1CC2(CC(c3cnc(N4CCN(C)CC4)nc3)N1)OCCc1cc(Cl)sc12. The standard InChI is InChI=1S/C21H28ClN5OS/c1-14-10-21(19-15(3-8-28-21)9-18(22)29-19)11-17(25-14)16-12-23-20(24-13-16)27-6-4-26(2)5-7-27/h9,12-14,17,25H,3-8,10-11H2,1-2H3. The maximum absolute atomic E-state index is 6.46. The highest BCUT2D eigenvalue weighted by Gasteiger charge is 2.46. The van der Waals surface area contributed by atoms with Crippen molar-refractivity contribution in [1.82, 2.24) is 20.2 Å². The highest BCUT2D eigenvalue weighted by Crippen LogP contribution is 2.49. The van der Waals surface area contributed by atoms with Crippen molar-refractivity contribution in [2.75, 3.05) is 44.7 Å². The molecule has 8 heteroatoms. The Kier molecular flexibility index (Phi) is 5.28. The molecule has 2 aromatic rings. The summed E-state index contributed by atoms with van der Waals surface area (Å²) in [5.74, 6) is 0.835. The molecule has 0 saturated carbocycles. The van der Waals surface area contributed by atoms with Gasteiger partial charge in [-0.05, 0) is 38.4 Å². The zero-order valence-electron chi connectivity index (χ0n) is 17.0. The number of hydrogen-bond acceptors (Lipinski definition) is 7. The molecule has 1 N–H and O–H groups in total. The van der Waals surface area contributed by atoms with Crippen LogP contribution in [0.4, 0.5) is 5.95 Å². The predicted octanol–water partition coefficient (Wildman–Crippen LogP) is 3.22. The van der Waals surface area contributed by atoms with Crippen LogP contribution in [-0.2, 0) is 16.8 Å². The summed E-state index contributed by atoms with van der Waals surface area (Å²) in [6.07, 6.45) is 6.80. The Morgan fingerprint density at radius 1 is 1.21 bits per heavy atom. The number of nitrogens with zero attached hydrogens (tertiary/aromatic N) is 4. The zero-order valence-corrected chi connectivity index (χ0v) is 18.6. The van der Waals surface area contributed by atoms with Gasteiger partial charge >= 0.3 is 0 Å². The van der Waals surface area contributed by atoms with Gasteiger partial charge < -0.3 is 19.9 Å². The molecule has 0 radical (unpaired) electrons. The summed E-state index contributed by atoms with van der Waals surface area (Å²) in [6.45, 7) is 7.07. The van der Waals surface area contributed by atoms with E-state index in [9.17, 15) is 0 Å². The number of hydrogen-bond donors (Lipinski definition) is 1. The second-order valence-corrected chi connectivity index (χ2v) is 10.3. The number of piperazine rings is 1. The smallest absolute Gasteiger partial charge is 0.225 e. The lowest BCUT2D eigenvalue weighted by molar-refractivity contribution is -0.0954. The fraction of sp³-hybridized carbons (Fsp3) is 0.619. The maximum Gasteiger partial charge on any atom is 0.225 e. The summed E-state index contributed by atoms with van der Waals surface area (Å²) in [6, 6.07) is 2.64. The third-order valence-electron chi connectivity index (χ3n) is 6.44. The predicted molar refractivity (Wildman–Crippen MR) is 117 cm³/mol. The molecule has 0 amide bonds. The normalized spacial score (nSPS) is 30.5. The van der Waals surface area contributed by atoms with Crippen LogP contribution in [0.3, 0.4) is 0 Å². The molecule has 5 heterocycles. The quantitative estimate of drug-likeness (QED) is 0.784. The van der Waals surface area contributed by atoms with Crippen LogP contribution in [0, 0.1) is 0 Å². The molecule has 29 heavy (non-hydrogen) atoms. The molecule has 3 aliphatic heterocycles. The summed E-state index contributed by atoms with van der Waals surface area (Å²) in [5, 5.41) is 3.74. The number of halogens is 1. The molecule has 2 aromatic heterocycles. The van der Waals surface area contributed by atoms with E-state index < -0.39 is 0 Å². The number of likely N-dealkylation sites (N-methyl/N-ethyl adjacent to an activating group) is 1. The van der Waals surface area contributed by atoms with E-state index in [0.29, 0.717) is 6.04 Å². The van der Waals surface area contributed by atoms with E-state index in [1.165, 1.54) is 10.4 Å². The van der Waals surface area contributed by atoms with Crippen LogP contribution in [0.5, 0.6) is 0 Å². The molecule has 6 nitrogen and oxygen atoms in total. The van der Waals surface area contributed by atoms with Crippen molar-refractivity contribution >= 4 is 28.9 Å². The summed E-state index contributed by atoms with van der Waals surface area (Å²) in [4.78, 5) is 15.3. The molecular formula is C21H28ClN5OS. The van der Waals surface area contributed by atoms with Crippen molar-refractivity contribution in [1.29, 1.82) is 0 Å². The first-order valence-corrected chi connectivity index (χ1v) is 11.7. The van der Waals surface area contributed by atoms with E-state index in [-0.39, 0.29) is 11.6 Å². The second-order valence-electron chi connectivity index (χ2n) is 8.63. The van der Waals surface area contributed by atoms with Crippen LogP contribution in [0.1, 0.15) is 41.8 Å². The molecule has 1 spiro atoms. The van der Waals surface area contributed by atoms with Crippen molar-refractivity contribution < 1.29 is 4.74 Å². The van der Waals surface area contributed by atoms with Gasteiger partial charge in [-0.1, -0.05) is 11.6 Å². The number of aromatic nitrogens is 2. The van der Waals surface area contributed by atoms with E-state index in [2.05, 4.69) is 35.2 Å². The first-order valence-electron chi connectivity index (χ1n) is 10.5. The molecule has 0 aromatic carbocycles. The molecule has 3 unspecified atom stereocenters. The molecule has 3 atom stereocenters. The minimum atomic E-state index is -0.253. The van der Waals surface area contributed by atoms with Gasteiger partial charge in [-0.15, -0.1) is 11.3 Å². The Labute approximate surface area is 181 Å². The van der Waals surface area contributed by atoms with Gasteiger partial charge in [-0.3, -0.25) is 0 Å². The van der Waals surface area contributed by atoms with Gasteiger partial charge in [0.05, 0.1) is 10.9 Å². The van der Waals surface area contributed by atoms with Crippen LogP contribution in [0.15, 0.2) is 18.5 Å². The number of rotatable bonds is 2. The van der Waals surface area contributed by atoms with Gasteiger partial charge in [0.15, 0.2) is 0 Å². The number of thiophene rings is 1. The lowest BCUT2D eigenvalue weighted by Gasteiger charge is -2.46. The van der Waals surface area contributed by atoms with Crippen LogP contribution < -0.4 is 10.2 Å². The van der Waals surface area contributed by atoms with Crippen molar-refractivity contribution in [2.24, 2.45) is 0 Å². The molecule has 2 saturated heterocycles. The molecule has 0 bridgehead atoms. The van der Waals surface area contributed by atoms with E-state index in [4.69, 9.17) is 26.3 Å². The van der Waals surface area contributed by atoms with Gasteiger partial charge in [-0.2, -0.15) is 0 Å². The molecular weight excluding hydrogens is 406 g/mol. The topological polar surface area (TPSA) is 53.5 Å². The lowest BCUT2D eigenvalue weighted by Crippen LogP contribution is -2.49. The van der Waals surface area contributed by atoms with Gasteiger partial charge in [0.25, 0.3) is 0 Å². The van der Waals surface area contributed by atoms with Crippen molar-refractivity contribution in [3.8, 4) is 0 Å². The van der Waals surface area contributed by atoms with Crippen molar-refractivity contribution in [2.45, 2.75) is 43.9 Å². The van der Waals surface area contributed by atoms with Crippen molar-refractivity contribution in [3.63, 3.8) is 0 Å². The van der Waals surface area contributed by atoms with E-state index in [0.717, 1.165) is 67.9 Å². The Hall–Kier alpha value is -1.25. The first kappa shape index (κ1) is 19.7. The summed E-state index contributed by atoms with van der Waals surface area (Å²) >= 11 is 8.05. The molecule has 156 valence electrons. The average Bonchev–Trinajstić information content (AvgIpc) is 3.10. The fourth-order valence-electron chi connectivity index (χ4n) is 4.96. The Balaban J connectivity index is 1.38. The van der Waals surface area contributed by atoms with Crippen molar-refractivity contribution in [3.05, 3.63) is 38.8 Å². The number of ether oxygens (including phenoxy) is 1. The molecule has 3 aliphatic rings. The number of nitrogens with one attached hydrogen (secondary N) is 1. The number of anilines is 1. The van der Waals surface area contributed by atoms with Gasteiger partial charge in [0.2, 0.25) is 5.95 Å². The highest BCUT2D eigenvalue weighted by molar-refractivity contribution is 7.16. The van der Waals surface area contributed by atoms with Crippen LogP contribution in [-0.4, -0.2) is 60.7 Å². The molecule has 0 aliphatic carbocycles. The van der Waals surface area contributed by atoms with Gasteiger partial charge in [0, 0.05) is 67.5 Å². The first-order chi connectivity index (χ1) is 14.0. The summed E-state index contributed by atoms with van der Waals surface area (Å²) in [5.41, 5.74) is 2.24.